The number of halogens is 3. The SMILES string of the molecule is C[C@H]1[C@@H](CN(C)[C@H](C)[C@@H](O)c2ccccc2)O[C@@H](c2cccc(NC(=O)[C@@H]3CCCN3C(=O)C(F)(F)F)c2)O[C@H]1c1ccc(CO)cc1. The van der Waals surface area contributed by atoms with Crippen molar-refractivity contribution in [1.82, 2.24) is 9.80 Å². The van der Waals surface area contributed by atoms with Gasteiger partial charge in [0.2, 0.25) is 5.91 Å². The molecule has 12 heteroatoms. The molecule has 0 aliphatic carbocycles. The van der Waals surface area contributed by atoms with Gasteiger partial charge < -0.3 is 29.9 Å². The Morgan fingerprint density at radius 3 is 2.40 bits per heavy atom. The van der Waals surface area contributed by atoms with E-state index in [-0.39, 0.29) is 37.6 Å². The summed E-state index contributed by atoms with van der Waals surface area (Å²) in [6.45, 7) is 4.20. The van der Waals surface area contributed by atoms with Crippen molar-refractivity contribution in [1.29, 1.82) is 0 Å². The molecule has 2 saturated heterocycles. The third-order valence-electron chi connectivity index (χ3n) is 9.37. The number of alkyl halides is 3. The summed E-state index contributed by atoms with van der Waals surface area (Å²) in [4.78, 5) is 27.6. The van der Waals surface area contributed by atoms with E-state index in [0.29, 0.717) is 29.1 Å². The van der Waals surface area contributed by atoms with Crippen LogP contribution >= 0.6 is 0 Å². The Morgan fingerprint density at radius 1 is 1.02 bits per heavy atom. The summed E-state index contributed by atoms with van der Waals surface area (Å²) >= 11 is 0. The largest absolute Gasteiger partial charge is 0.471 e. The van der Waals surface area contributed by atoms with E-state index in [1.54, 1.807) is 24.3 Å². The Morgan fingerprint density at radius 2 is 1.73 bits per heavy atom. The van der Waals surface area contributed by atoms with Crippen LogP contribution in [-0.4, -0.2) is 76.3 Å². The van der Waals surface area contributed by atoms with Crippen LogP contribution < -0.4 is 5.32 Å². The van der Waals surface area contributed by atoms with Crippen LogP contribution in [0, 0.1) is 5.92 Å². The van der Waals surface area contributed by atoms with Crippen LogP contribution in [0.3, 0.4) is 0 Å². The zero-order valence-electron chi connectivity index (χ0n) is 27.1. The van der Waals surface area contributed by atoms with Gasteiger partial charge in [0.15, 0.2) is 6.29 Å². The number of nitrogens with one attached hydrogen (secondary N) is 1. The predicted octanol–water partition coefficient (Wildman–Crippen LogP) is 5.52. The second-order valence-electron chi connectivity index (χ2n) is 12.6. The van der Waals surface area contributed by atoms with Gasteiger partial charge in [0.1, 0.15) is 6.04 Å². The van der Waals surface area contributed by atoms with Crippen LogP contribution in [0.25, 0.3) is 0 Å². The van der Waals surface area contributed by atoms with Gasteiger partial charge in [0.25, 0.3) is 0 Å². The Balaban J connectivity index is 1.36. The van der Waals surface area contributed by atoms with Crippen LogP contribution in [0.2, 0.25) is 0 Å². The van der Waals surface area contributed by atoms with E-state index in [4.69, 9.17) is 9.47 Å². The third kappa shape index (κ3) is 8.07. The number of hydrogen-bond donors (Lipinski definition) is 3. The van der Waals surface area contributed by atoms with Gasteiger partial charge in [0.05, 0.1) is 24.9 Å². The standard InChI is InChI=1S/C36H42F3N3O6/c1-22-30(20-41(3)23(2)31(44)25-9-5-4-6-10-25)47-34(48-32(22)26-16-14-24(21-43)15-17-26)27-11-7-12-28(19-27)40-33(45)29-13-8-18-42(29)35(46)36(37,38)39/h4-7,9-12,14-17,19,22-23,29-32,34,43-44H,8,13,18,20-21H2,1-3H3,(H,40,45)/t22-,23+,29-,30+,31+,32+,34+/m0/s1. The lowest BCUT2D eigenvalue weighted by atomic mass is 9.89. The number of carbonyl (C=O) groups excluding carboxylic acids is 2. The molecule has 0 unspecified atom stereocenters. The molecular weight excluding hydrogens is 627 g/mol. The number of benzene rings is 3. The Kier molecular flexibility index (Phi) is 11.2. The van der Waals surface area contributed by atoms with Gasteiger partial charge in [-0.25, -0.2) is 0 Å². The summed E-state index contributed by atoms with van der Waals surface area (Å²) in [7, 11) is 1.93. The fourth-order valence-electron chi connectivity index (χ4n) is 6.38. The fraction of sp³-hybridized carbons (Fsp3) is 0.444. The molecule has 5 rings (SSSR count). The number of hydrogen-bond acceptors (Lipinski definition) is 7. The van der Waals surface area contributed by atoms with E-state index >= 15 is 0 Å². The van der Waals surface area contributed by atoms with Crippen LogP contribution in [-0.2, 0) is 25.7 Å². The normalized spacial score (nSPS) is 24.4. The van der Waals surface area contributed by atoms with Crippen molar-refractivity contribution in [3.8, 4) is 0 Å². The van der Waals surface area contributed by atoms with Crippen LogP contribution in [0.4, 0.5) is 18.9 Å². The summed E-state index contributed by atoms with van der Waals surface area (Å²) in [5, 5.41) is 23.3. The number of likely N-dealkylation sites (N-methyl/N-ethyl adjacent to an activating group) is 1. The monoisotopic (exact) mass is 669 g/mol. The van der Waals surface area contributed by atoms with Crippen LogP contribution in [0.1, 0.15) is 67.4 Å². The highest BCUT2D eigenvalue weighted by Crippen LogP contribution is 2.42. The minimum Gasteiger partial charge on any atom is -0.392 e. The van der Waals surface area contributed by atoms with Crippen molar-refractivity contribution < 1.29 is 42.4 Å². The molecule has 258 valence electrons. The Bertz CT molecular complexity index is 1540. The van der Waals surface area contributed by atoms with Gasteiger partial charge in [-0.2, -0.15) is 13.2 Å². The van der Waals surface area contributed by atoms with E-state index in [2.05, 4.69) is 5.32 Å². The topological polar surface area (TPSA) is 112 Å². The van der Waals surface area contributed by atoms with Crippen LogP contribution in [0.15, 0.2) is 78.9 Å². The molecular formula is C36H42F3N3O6. The summed E-state index contributed by atoms with van der Waals surface area (Å²) in [6.07, 6.45) is -7.02. The minimum absolute atomic E-state index is 0.0936. The van der Waals surface area contributed by atoms with Gasteiger partial charge in [0, 0.05) is 36.3 Å². The highest BCUT2D eigenvalue weighted by molar-refractivity contribution is 5.98. The van der Waals surface area contributed by atoms with Crippen molar-refractivity contribution >= 4 is 17.5 Å². The summed E-state index contributed by atoms with van der Waals surface area (Å²) in [5.41, 5.74) is 3.36. The van der Waals surface area contributed by atoms with Crippen molar-refractivity contribution in [2.45, 2.75) is 76.2 Å². The average Bonchev–Trinajstić information content (AvgIpc) is 3.58. The second kappa shape index (κ2) is 15.2. The van der Waals surface area contributed by atoms with Gasteiger partial charge in [-0.3, -0.25) is 14.5 Å². The van der Waals surface area contributed by atoms with Gasteiger partial charge >= 0.3 is 12.1 Å². The van der Waals surface area contributed by atoms with Crippen molar-refractivity contribution in [3.05, 3.63) is 101 Å². The number of rotatable bonds is 10. The van der Waals surface area contributed by atoms with Crippen molar-refractivity contribution in [2.24, 2.45) is 5.92 Å². The molecule has 2 fully saturated rings. The molecule has 0 spiro atoms. The molecule has 48 heavy (non-hydrogen) atoms. The number of aliphatic hydroxyl groups is 2. The molecule has 2 amide bonds. The number of ether oxygens (including phenoxy) is 2. The number of aliphatic hydroxyl groups excluding tert-OH is 2. The molecule has 9 nitrogen and oxygen atoms in total. The molecule has 2 aliphatic rings. The summed E-state index contributed by atoms with van der Waals surface area (Å²) in [6, 6.07) is 22.2. The van der Waals surface area contributed by atoms with E-state index < -0.39 is 42.5 Å². The van der Waals surface area contributed by atoms with Crippen molar-refractivity contribution in [2.75, 3.05) is 25.5 Å². The number of likely N-dealkylation sites (tertiary alicyclic amines) is 1. The maximum Gasteiger partial charge on any atom is 0.471 e. The predicted molar refractivity (Wildman–Crippen MR) is 172 cm³/mol. The molecule has 2 heterocycles. The minimum atomic E-state index is -5.06. The quantitative estimate of drug-likeness (QED) is 0.261. The molecule has 0 saturated carbocycles. The molecule has 0 radical (unpaired) electrons. The Hall–Kier alpha value is -3.81. The molecule has 0 bridgehead atoms. The van der Waals surface area contributed by atoms with E-state index in [0.717, 1.165) is 16.7 Å². The lowest BCUT2D eigenvalue weighted by molar-refractivity contribution is -0.276. The summed E-state index contributed by atoms with van der Waals surface area (Å²) < 4.78 is 52.5. The number of anilines is 1. The smallest absolute Gasteiger partial charge is 0.392 e. The first kappa shape index (κ1) is 35.5. The highest BCUT2D eigenvalue weighted by atomic mass is 19.4. The molecule has 0 aromatic heterocycles. The van der Waals surface area contributed by atoms with Gasteiger partial charge in [-0.1, -0.05) is 73.7 Å². The lowest BCUT2D eigenvalue weighted by Gasteiger charge is -2.43. The first-order valence-electron chi connectivity index (χ1n) is 16.1. The maximum atomic E-state index is 13.1. The number of carbonyl (C=O) groups is 2. The molecule has 7 atom stereocenters. The van der Waals surface area contributed by atoms with Gasteiger partial charge in [-0.15, -0.1) is 0 Å². The van der Waals surface area contributed by atoms with E-state index in [9.17, 15) is 33.0 Å². The fourth-order valence-corrected chi connectivity index (χ4v) is 6.38. The second-order valence-corrected chi connectivity index (χ2v) is 12.6. The lowest BCUT2D eigenvalue weighted by Crippen LogP contribution is -2.48. The molecule has 3 aromatic rings. The number of nitrogens with zero attached hydrogens (tertiary/aromatic N) is 2. The van der Waals surface area contributed by atoms with E-state index in [1.165, 1.54) is 0 Å². The zero-order chi connectivity index (χ0) is 34.6. The Labute approximate surface area is 278 Å². The van der Waals surface area contributed by atoms with Gasteiger partial charge in [-0.05, 0) is 55.6 Å². The molecule has 2 aliphatic heterocycles. The van der Waals surface area contributed by atoms with Crippen molar-refractivity contribution in [3.63, 3.8) is 0 Å². The first-order valence-corrected chi connectivity index (χ1v) is 16.1. The molecule has 3 aromatic carbocycles. The number of amides is 2. The third-order valence-corrected chi connectivity index (χ3v) is 9.37. The van der Waals surface area contributed by atoms with E-state index in [1.807, 2.05) is 80.4 Å². The highest BCUT2D eigenvalue weighted by Gasteiger charge is 2.48. The first-order chi connectivity index (χ1) is 22.9. The zero-order valence-corrected chi connectivity index (χ0v) is 27.1. The summed E-state index contributed by atoms with van der Waals surface area (Å²) in [5.74, 6) is -2.85. The molecule has 3 N–H and O–H groups in total. The maximum absolute atomic E-state index is 13.1. The van der Waals surface area contributed by atoms with Crippen LogP contribution in [0.5, 0.6) is 0 Å². The average molecular weight is 670 g/mol.